The summed E-state index contributed by atoms with van der Waals surface area (Å²) in [7, 11) is 0. The second-order valence-electron chi connectivity index (χ2n) is 5.55. The van der Waals surface area contributed by atoms with Gasteiger partial charge in [0.05, 0.1) is 26.4 Å². The van der Waals surface area contributed by atoms with E-state index in [-0.39, 0.29) is 38.3 Å². The largest absolute Gasteiger partial charge is 0.321 e. The predicted molar refractivity (Wildman–Crippen MR) is 110 cm³/mol. The Morgan fingerprint density at radius 1 is 0.667 bits per heavy atom. The molecule has 0 bridgehead atoms. The summed E-state index contributed by atoms with van der Waals surface area (Å²) in [6.07, 6.45) is 0. The van der Waals surface area contributed by atoms with Crippen molar-refractivity contribution in [1.29, 1.82) is 0 Å². The second kappa shape index (κ2) is 8.44. The van der Waals surface area contributed by atoms with Gasteiger partial charge in [-0.05, 0) is 30.3 Å². The van der Waals surface area contributed by atoms with Gasteiger partial charge in [0.2, 0.25) is 0 Å². The number of carbonyl (C=O) groups is 2. The third-order valence-electron chi connectivity index (χ3n) is 3.72. The molecule has 0 aliphatic rings. The van der Waals surface area contributed by atoms with Gasteiger partial charge < -0.3 is 10.6 Å². The van der Waals surface area contributed by atoms with Crippen molar-refractivity contribution in [2.75, 3.05) is 10.6 Å². The molecular formula is C20H13Cl3N2O2. The molecule has 0 aliphatic heterocycles. The summed E-state index contributed by atoms with van der Waals surface area (Å²) >= 11 is 18.8. The van der Waals surface area contributed by atoms with Gasteiger partial charge in [-0.25, -0.2) is 0 Å². The highest BCUT2D eigenvalue weighted by atomic mass is 35.5. The van der Waals surface area contributed by atoms with Crippen LogP contribution in [0.25, 0.3) is 0 Å². The molecule has 136 valence electrons. The van der Waals surface area contributed by atoms with Gasteiger partial charge in [0.1, 0.15) is 0 Å². The van der Waals surface area contributed by atoms with Crippen molar-refractivity contribution >= 4 is 58.0 Å². The Labute approximate surface area is 171 Å². The normalized spacial score (nSPS) is 10.3. The zero-order chi connectivity index (χ0) is 19.4. The predicted octanol–water partition coefficient (Wildman–Crippen LogP) is 6.15. The lowest BCUT2D eigenvalue weighted by atomic mass is 10.2. The van der Waals surface area contributed by atoms with Crippen molar-refractivity contribution in [1.82, 2.24) is 0 Å². The molecule has 3 aromatic rings. The molecule has 0 radical (unpaired) electrons. The van der Waals surface area contributed by atoms with Crippen molar-refractivity contribution in [3.8, 4) is 0 Å². The van der Waals surface area contributed by atoms with E-state index >= 15 is 0 Å². The average molecular weight is 420 g/mol. The van der Waals surface area contributed by atoms with Crippen LogP contribution in [0.4, 0.5) is 11.4 Å². The molecule has 3 rings (SSSR count). The fourth-order valence-corrected chi connectivity index (χ4v) is 3.11. The Balaban J connectivity index is 1.86. The molecule has 27 heavy (non-hydrogen) atoms. The minimum Gasteiger partial charge on any atom is -0.321 e. The van der Waals surface area contributed by atoms with E-state index in [9.17, 15) is 9.59 Å². The molecule has 4 nitrogen and oxygen atoms in total. The number of halogens is 3. The van der Waals surface area contributed by atoms with E-state index in [0.29, 0.717) is 11.1 Å². The van der Waals surface area contributed by atoms with E-state index in [4.69, 9.17) is 34.8 Å². The third kappa shape index (κ3) is 4.42. The fraction of sp³-hybridized carbons (Fsp3) is 0. The van der Waals surface area contributed by atoms with Crippen LogP contribution in [0.5, 0.6) is 0 Å². The monoisotopic (exact) mass is 418 g/mol. The van der Waals surface area contributed by atoms with Crippen LogP contribution in [0.2, 0.25) is 15.1 Å². The van der Waals surface area contributed by atoms with Gasteiger partial charge in [-0.3, -0.25) is 9.59 Å². The Bertz CT molecular complexity index is 993. The average Bonchev–Trinajstić information content (AvgIpc) is 2.70. The summed E-state index contributed by atoms with van der Waals surface area (Å²) in [5.74, 6) is -0.734. The van der Waals surface area contributed by atoms with Crippen molar-refractivity contribution in [2.45, 2.75) is 0 Å². The summed E-state index contributed by atoms with van der Waals surface area (Å²) < 4.78 is 0. The number of rotatable bonds is 4. The van der Waals surface area contributed by atoms with Crippen LogP contribution in [-0.4, -0.2) is 11.8 Å². The van der Waals surface area contributed by atoms with Crippen molar-refractivity contribution in [3.05, 3.63) is 92.9 Å². The van der Waals surface area contributed by atoms with Gasteiger partial charge in [-0.1, -0.05) is 71.2 Å². The molecule has 0 heterocycles. The number of benzene rings is 3. The van der Waals surface area contributed by atoms with Crippen LogP contribution in [0.15, 0.2) is 66.7 Å². The molecular weight excluding hydrogens is 407 g/mol. The number of nitrogens with one attached hydrogen (secondary N) is 2. The standard InChI is InChI=1S/C20H13Cl3N2O2/c21-14-11-15(24-19(26)12-7-3-1-4-8-12)16(22)17(23)18(14)25-20(27)13-9-5-2-6-10-13/h1-11H,(H,24,26)(H,25,27). The first-order valence-electron chi connectivity index (χ1n) is 7.87. The quantitative estimate of drug-likeness (QED) is 0.498. The number of hydrogen-bond acceptors (Lipinski definition) is 2. The highest BCUT2D eigenvalue weighted by Crippen LogP contribution is 2.41. The maximum atomic E-state index is 12.3. The van der Waals surface area contributed by atoms with Crippen molar-refractivity contribution in [2.24, 2.45) is 0 Å². The zero-order valence-electron chi connectivity index (χ0n) is 13.8. The summed E-state index contributed by atoms with van der Waals surface area (Å²) in [5, 5.41) is 5.58. The Morgan fingerprint density at radius 3 is 1.67 bits per heavy atom. The van der Waals surface area contributed by atoms with E-state index in [1.807, 2.05) is 6.07 Å². The molecule has 0 unspecified atom stereocenters. The lowest BCUT2D eigenvalue weighted by Gasteiger charge is -2.15. The van der Waals surface area contributed by atoms with Crippen molar-refractivity contribution < 1.29 is 9.59 Å². The van der Waals surface area contributed by atoms with E-state index in [2.05, 4.69) is 10.6 Å². The summed E-state index contributed by atoms with van der Waals surface area (Å²) in [6.45, 7) is 0. The number of hydrogen-bond donors (Lipinski definition) is 2. The highest BCUT2D eigenvalue weighted by molar-refractivity contribution is 6.48. The van der Waals surface area contributed by atoms with E-state index < -0.39 is 0 Å². The Morgan fingerprint density at radius 2 is 1.15 bits per heavy atom. The van der Waals surface area contributed by atoms with Gasteiger partial charge >= 0.3 is 0 Å². The second-order valence-corrected chi connectivity index (χ2v) is 6.71. The first kappa shape index (κ1) is 19.2. The maximum absolute atomic E-state index is 12.3. The van der Waals surface area contributed by atoms with Crippen LogP contribution in [0.3, 0.4) is 0 Å². The molecule has 0 aliphatic carbocycles. The molecule has 2 amide bonds. The SMILES string of the molecule is O=C(Nc1cc(Cl)c(NC(=O)c2ccccc2)c(Cl)c1Cl)c1ccccc1. The zero-order valence-corrected chi connectivity index (χ0v) is 16.1. The fourth-order valence-electron chi connectivity index (χ4n) is 2.36. The summed E-state index contributed by atoms with van der Waals surface area (Å²) in [5.41, 5.74) is 1.33. The number of carbonyl (C=O) groups excluding carboxylic acids is 2. The first-order chi connectivity index (χ1) is 13.0. The third-order valence-corrected chi connectivity index (χ3v) is 4.88. The minimum atomic E-state index is -0.378. The van der Waals surface area contributed by atoms with Crippen LogP contribution in [-0.2, 0) is 0 Å². The Kier molecular flexibility index (Phi) is 6.01. The first-order valence-corrected chi connectivity index (χ1v) is 9.01. The van der Waals surface area contributed by atoms with E-state index in [1.165, 1.54) is 6.07 Å². The molecule has 7 heteroatoms. The lowest BCUT2D eigenvalue weighted by molar-refractivity contribution is 0.101. The van der Waals surface area contributed by atoms with Crippen LogP contribution in [0, 0.1) is 0 Å². The van der Waals surface area contributed by atoms with Gasteiger partial charge in [-0.2, -0.15) is 0 Å². The lowest BCUT2D eigenvalue weighted by Crippen LogP contribution is -2.14. The van der Waals surface area contributed by atoms with Crippen LogP contribution in [0.1, 0.15) is 20.7 Å². The van der Waals surface area contributed by atoms with Gasteiger partial charge in [0, 0.05) is 11.1 Å². The molecule has 3 aromatic carbocycles. The van der Waals surface area contributed by atoms with E-state index in [1.54, 1.807) is 54.6 Å². The molecule has 0 saturated heterocycles. The van der Waals surface area contributed by atoms with Crippen LogP contribution < -0.4 is 10.6 Å². The molecule has 0 saturated carbocycles. The van der Waals surface area contributed by atoms with Crippen molar-refractivity contribution in [3.63, 3.8) is 0 Å². The number of amides is 2. The molecule has 0 fully saturated rings. The minimum absolute atomic E-state index is 0.0387. The van der Waals surface area contributed by atoms with E-state index in [0.717, 1.165) is 0 Å². The van der Waals surface area contributed by atoms with Gasteiger partial charge in [-0.15, -0.1) is 0 Å². The van der Waals surface area contributed by atoms with Gasteiger partial charge in [0.25, 0.3) is 11.8 Å². The molecule has 2 N–H and O–H groups in total. The topological polar surface area (TPSA) is 58.2 Å². The molecule has 0 atom stereocenters. The van der Waals surface area contributed by atoms with Gasteiger partial charge in [0.15, 0.2) is 0 Å². The molecule has 0 spiro atoms. The molecule has 0 aromatic heterocycles. The summed E-state index contributed by atoms with van der Waals surface area (Å²) in [6, 6.07) is 18.7. The van der Waals surface area contributed by atoms with Crippen LogP contribution >= 0.6 is 34.8 Å². The summed E-state index contributed by atoms with van der Waals surface area (Å²) in [4.78, 5) is 24.6. The maximum Gasteiger partial charge on any atom is 0.255 e. The smallest absolute Gasteiger partial charge is 0.255 e. The highest BCUT2D eigenvalue weighted by Gasteiger charge is 2.19. The Hall–Kier alpha value is -2.53. The number of anilines is 2.